The lowest BCUT2D eigenvalue weighted by Gasteiger charge is -2.18. The molecule has 1 unspecified atom stereocenters. The Morgan fingerprint density at radius 1 is 1.59 bits per heavy atom. The van der Waals surface area contributed by atoms with Crippen LogP contribution in [0, 0.1) is 0 Å². The molecule has 1 aromatic heterocycles. The molecule has 17 heavy (non-hydrogen) atoms. The Hall–Kier alpha value is -0.760. The highest BCUT2D eigenvalue weighted by Crippen LogP contribution is 2.26. The Labute approximate surface area is 103 Å². The third kappa shape index (κ3) is 3.60. The number of alkyl halides is 2. The van der Waals surface area contributed by atoms with Crippen molar-refractivity contribution in [3.05, 3.63) is 16.9 Å². The van der Waals surface area contributed by atoms with Gasteiger partial charge in [-0.15, -0.1) is 0 Å². The van der Waals surface area contributed by atoms with Crippen molar-refractivity contribution < 1.29 is 8.78 Å². The van der Waals surface area contributed by atoms with Crippen molar-refractivity contribution in [3.8, 4) is 0 Å². The van der Waals surface area contributed by atoms with E-state index in [0.29, 0.717) is 13.1 Å². The van der Waals surface area contributed by atoms with Crippen molar-refractivity contribution in [2.75, 3.05) is 20.6 Å². The first-order valence-corrected chi connectivity index (χ1v) is 5.45. The SMILES string of the molecule is CN(C)CCn1ncc(Cl)c1C(NN)C(F)F. The number of hydrogen-bond acceptors (Lipinski definition) is 4. The molecule has 98 valence electrons. The highest BCUT2D eigenvalue weighted by molar-refractivity contribution is 6.31. The molecular formula is C9H16ClF2N5. The summed E-state index contributed by atoms with van der Waals surface area (Å²) in [6.07, 6.45) is -1.30. The lowest BCUT2D eigenvalue weighted by molar-refractivity contribution is 0.0941. The number of hydrazine groups is 1. The number of nitrogens with one attached hydrogen (secondary N) is 1. The van der Waals surface area contributed by atoms with Crippen LogP contribution in [0.15, 0.2) is 6.20 Å². The van der Waals surface area contributed by atoms with Gasteiger partial charge >= 0.3 is 0 Å². The van der Waals surface area contributed by atoms with Crippen molar-refractivity contribution >= 4 is 11.6 Å². The fourth-order valence-corrected chi connectivity index (χ4v) is 1.68. The molecule has 0 spiro atoms. The first-order valence-electron chi connectivity index (χ1n) is 5.07. The summed E-state index contributed by atoms with van der Waals surface area (Å²) in [7, 11) is 3.77. The second kappa shape index (κ2) is 6.25. The van der Waals surface area contributed by atoms with Gasteiger partial charge in [-0.25, -0.2) is 14.2 Å². The molecule has 1 atom stereocenters. The number of hydrogen-bond donors (Lipinski definition) is 2. The summed E-state index contributed by atoms with van der Waals surface area (Å²) in [6.45, 7) is 1.14. The molecule has 0 radical (unpaired) electrons. The Morgan fingerprint density at radius 2 is 2.24 bits per heavy atom. The lowest BCUT2D eigenvalue weighted by atomic mass is 10.2. The van der Waals surface area contributed by atoms with Gasteiger partial charge in [-0.3, -0.25) is 10.5 Å². The van der Waals surface area contributed by atoms with Gasteiger partial charge in [0.1, 0.15) is 6.04 Å². The molecular weight excluding hydrogens is 252 g/mol. The van der Waals surface area contributed by atoms with Crippen LogP contribution in [0.4, 0.5) is 8.78 Å². The number of nitrogens with two attached hydrogens (primary N) is 1. The molecule has 0 aromatic carbocycles. The minimum atomic E-state index is -2.65. The normalized spacial score (nSPS) is 13.6. The Balaban J connectivity index is 2.92. The number of likely N-dealkylation sites (N-methyl/N-ethyl adjacent to an activating group) is 1. The minimum absolute atomic E-state index is 0.187. The summed E-state index contributed by atoms with van der Waals surface area (Å²) in [4.78, 5) is 1.92. The van der Waals surface area contributed by atoms with Crippen LogP contribution in [0.3, 0.4) is 0 Å². The number of aromatic nitrogens is 2. The molecule has 0 bridgehead atoms. The largest absolute Gasteiger partial charge is 0.308 e. The molecule has 0 fully saturated rings. The van der Waals surface area contributed by atoms with Crippen LogP contribution in [-0.2, 0) is 6.54 Å². The highest BCUT2D eigenvalue weighted by Gasteiger charge is 2.27. The molecule has 3 N–H and O–H groups in total. The summed E-state index contributed by atoms with van der Waals surface area (Å²) in [5.74, 6) is 5.12. The molecule has 0 saturated carbocycles. The number of nitrogens with zero attached hydrogens (tertiary/aromatic N) is 3. The fourth-order valence-electron chi connectivity index (χ4n) is 1.43. The Kier molecular flexibility index (Phi) is 5.26. The van der Waals surface area contributed by atoms with Gasteiger partial charge in [-0.05, 0) is 14.1 Å². The predicted octanol–water partition coefficient (Wildman–Crippen LogP) is 0.868. The highest BCUT2D eigenvalue weighted by atomic mass is 35.5. The molecule has 0 amide bonds. The smallest absolute Gasteiger partial charge is 0.260 e. The summed E-state index contributed by atoms with van der Waals surface area (Å²) in [5.41, 5.74) is 2.28. The van der Waals surface area contributed by atoms with E-state index >= 15 is 0 Å². The van der Waals surface area contributed by atoms with Crippen LogP contribution < -0.4 is 11.3 Å². The fraction of sp³-hybridized carbons (Fsp3) is 0.667. The monoisotopic (exact) mass is 267 g/mol. The van der Waals surface area contributed by atoms with E-state index in [9.17, 15) is 8.78 Å². The zero-order valence-electron chi connectivity index (χ0n) is 9.70. The van der Waals surface area contributed by atoms with E-state index in [1.165, 1.54) is 10.9 Å². The van der Waals surface area contributed by atoms with E-state index in [4.69, 9.17) is 17.4 Å². The van der Waals surface area contributed by atoms with Crippen LogP contribution in [0.1, 0.15) is 11.7 Å². The van der Waals surface area contributed by atoms with Crippen LogP contribution in [0.2, 0.25) is 5.02 Å². The molecule has 0 aliphatic rings. The average molecular weight is 268 g/mol. The molecule has 5 nitrogen and oxygen atoms in total. The maximum absolute atomic E-state index is 12.8. The third-order valence-corrected chi connectivity index (χ3v) is 2.61. The first-order chi connectivity index (χ1) is 7.97. The zero-order valence-corrected chi connectivity index (χ0v) is 10.5. The van der Waals surface area contributed by atoms with E-state index in [2.05, 4.69) is 10.5 Å². The summed E-state index contributed by atoms with van der Waals surface area (Å²) >= 11 is 5.85. The zero-order chi connectivity index (χ0) is 13.0. The van der Waals surface area contributed by atoms with Crippen molar-refractivity contribution in [1.82, 2.24) is 20.1 Å². The molecule has 1 heterocycles. The van der Waals surface area contributed by atoms with Crippen molar-refractivity contribution in [2.45, 2.75) is 19.0 Å². The van der Waals surface area contributed by atoms with Gasteiger partial charge in [0.15, 0.2) is 0 Å². The second-order valence-electron chi connectivity index (χ2n) is 3.88. The maximum Gasteiger partial charge on any atom is 0.260 e. The van der Waals surface area contributed by atoms with E-state index in [0.717, 1.165) is 0 Å². The van der Waals surface area contributed by atoms with Gasteiger partial charge in [0, 0.05) is 6.54 Å². The van der Waals surface area contributed by atoms with E-state index in [1.807, 2.05) is 19.0 Å². The number of halogens is 3. The van der Waals surface area contributed by atoms with Crippen molar-refractivity contribution in [3.63, 3.8) is 0 Å². The molecule has 8 heteroatoms. The van der Waals surface area contributed by atoms with Gasteiger partial charge < -0.3 is 4.90 Å². The van der Waals surface area contributed by atoms with E-state index in [1.54, 1.807) is 0 Å². The molecule has 0 aliphatic heterocycles. The van der Waals surface area contributed by atoms with Crippen LogP contribution in [-0.4, -0.2) is 41.7 Å². The molecule has 0 saturated heterocycles. The third-order valence-electron chi connectivity index (χ3n) is 2.32. The van der Waals surface area contributed by atoms with Crippen LogP contribution in [0.5, 0.6) is 0 Å². The van der Waals surface area contributed by atoms with Crippen LogP contribution in [0.25, 0.3) is 0 Å². The summed E-state index contributed by atoms with van der Waals surface area (Å²) < 4.78 is 27.0. The number of rotatable bonds is 6. The van der Waals surface area contributed by atoms with Crippen LogP contribution >= 0.6 is 11.6 Å². The maximum atomic E-state index is 12.8. The molecule has 1 aromatic rings. The Morgan fingerprint density at radius 3 is 2.71 bits per heavy atom. The topological polar surface area (TPSA) is 59.1 Å². The lowest BCUT2D eigenvalue weighted by Crippen LogP contribution is -2.35. The standard InChI is InChI=1S/C9H16ClF2N5/c1-16(2)3-4-17-8(6(10)5-14-17)7(15-13)9(11)12/h5,7,9,15H,3-4,13H2,1-2H3. The summed E-state index contributed by atoms with van der Waals surface area (Å²) in [6, 6.07) is -1.31. The van der Waals surface area contributed by atoms with Gasteiger partial charge in [-0.1, -0.05) is 11.6 Å². The average Bonchev–Trinajstić information content (AvgIpc) is 2.59. The van der Waals surface area contributed by atoms with Gasteiger partial charge in [0.2, 0.25) is 0 Å². The van der Waals surface area contributed by atoms with E-state index in [-0.39, 0.29) is 10.7 Å². The van der Waals surface area contributed by atoms with Crippen molar-refractivity contribution in [1.29, 1.82) is 0 Å². The van der Waals surface area contributed by atoms with Gasteiger partial charge in [0.05, 0.1) is 23.5 Å². The predicted molar refractivity (Wildman–Crippen MR) is 61.9 cm³/mol. The molecule has 0 aliphatic carbocycles. The van der Waals surface area contributed by atoms with Crippen molar-refractivity contribution in [2.24, 2.45) is 5.84 Å². The van der Waals surface area contributed by atoms with E-state index < -0.39 is 12.5 Å². The quantitative estimate of drug-likeness (QED) is 0.593. The Bertz CT molecular complexity index is 355. The summed E-state index contributed by atoms with van der Waals surface area (Å²) in [5, 5.41) is 4.16. The second-order valence-corrected chi connectivity index (χ2v) is 4.29. The molecule has 1 rings (SSSR count). The minimum Gasteiger partial charge on any atom is -0.308 e. The van der Waals surface area contributed by atoms with Gasteiger partial charge in [-0.2, -0.15) is 5.10 Å². The van der Waals surface area contributed by atoms with Gasteiger partial charge in [0.25, 0.3) is 6.43 Å². The first kappa shape index (κ1) is 14.3.